The van der Waals surface area contributed by atoms with Crippen LogP contribution in [0.2, 0.25) is 0 Å². The minimum Gasteiger partial charge on any atom is -0.382 e. The molecule has 0 heterocycles. The maximum atomic E-state index is 8.70. The highest BCUT2D eigenvalue weighted by Gasteiger charge is 2.04. The van der Waals surface area contributed by atoms with E-state index in [1.165, 1.54) is 19.3 Å². The first kappa shape index (κ1) is 12.6. The van der Waals surface area contributed by atoms with Crippen molar-refractivity contribution in [3.63, 3.8) is 0 Å². The van der Waals surface area contributed by atoms with Crippen LogP contribution in [0, 0.1) is 11.3 Å². The van der Waals surface area contributed by atoms with Crippen molar-refractivity contribution in [3.8, 4) is 6.07 Å². The lowest BCUT2D eigenvalue weighted by Gasteiger charge is -2.17. The minimum atomic E-state index is 0.549. The molecule has 1 rings (SSSR count). The number of rotatable bonds is 6. The van der Waals surface area contributed by atoms with Crippen LogP contribution in [-0.2, 0) is 0 Å². The summed E-state index contributed by atoms with van der Waals surface area (Å²) < 4.78 is 0. The van der Waals surface area contributed by atoms with Crippen LogP contribution >= 0.6 is 0 Å². The molecule has 1 unspecified atom stereocenters. The Morgan fingerprint density at radius 1 is 1.25 bits per heavy atom. The first-order valence-corrected chi connectivity index (χ1v) is 6.06. The van der Waals surface area contributed by atoms with Gasteiger partial charge in [-0.05, 0) is 37.1 Å². The lowest BCUT2D eigenvalue weighted by molar-refractivity contribution is 0.593. The molecule has 1 atom stereocenters. The summed E-state index contributed by atoms with van der Waals surface area (Å²) in [5.74, 6) is 0. The lowest BCUT2D eigenvalue weighted by Crippen LogP contribution is -2.18. The van der Waals surface area contributed by atoms with E-state index in [-0.39, 0.29) is 0 Å². The summed E-state index contributed by atoms with van der Waals surface area (Å²) in [6.45, 7) is 4.42. The van der Waals surface area contributed by atoms with E-state index in [0.717, 1.165) is 12.1 Å². The Hall–Kier alpha value is -1.49. The van der Waals surface area contributed by atoms with Gasteiger partial charge >= 0.3 is 0 Å². The summed E-state index contributed by atoms with van der Waals surface area (Å²) in [4.78, 5) is 0. The van der Waals surface area contributed by atoms with Crippen LogP contribution in [0.4, 0.5) is 5.69 Å². The van der Waals surface area contributed by atoms with Crippen LogP contribution in [0.5, 0.6) is 0 Å². The zero-order valence-corrected chi connectivity index (χ0v) is 10.2. The topological polar surface area (TPSA) is 35.8 Å². The fourth-order valence-electron chi connectivity index (χ4n) is 1.71. The zero-order valence-electron chi connectivity index (χ0n) is 10.2. The maximum Gasteiger partial charge on any atom is 0.0991 e. The molecule has 2 nitrogen and oxygen atoms in total. The smallest absolute Gasteiger partial charge is 0.0991 e. The van der Waals surface area contributed by atoms with Crippen LogP contribution in [0.15, 0.2) is 24.3 Å². The summed E-state index contributed by atoms with van der Waals surface area (Å²) in [5.41, 5.74) is 1.83. The van der Waals surface area contributed by atoms with Crippen LogP contribution in [0.1, 0.15) is 45.1 Å². The molecule has 1 aromatic rings. The van der Waals surface area contributed by atoms with Crippen molar-refractivity contribution in [3.05, 3.63) is 29.8 Å². The zero-order chi connectivity index (χ0) is 11.8. The molecule has 1 aromatic carbocycles. The molecule has 0 aliphatic heterocycles. The quantitative estimate of drug-likeness (QED) is 0.781. The van der Waals surface area contributed by atoms with Crippen molar-refractivity contribution in [2.75, 3.05) is 5.32 Å². The average Bonchev–Trinajstić information content (AvgIpc) is 2.35. The van der Waals surface area contributed by atoms with Gasteiger partial charge in [-0.15, -0.1) is 0 Å². The molecule has 2 heteroatoms. The Bertz CT molecular complexity index is 335. The maximum absolute atomic E-state index is 8.70. The summed E-state index contributed by atoms with van der Waals surface area (Å²) >= 11 is 0. The van der Waals surface area contributed by atoms with Gasteiger partial charge in [0.1, 0.15) is 0 Å². The molecule has 0 saturated carbocycles. The molecule has 86 valence electrons. The number of nitrogens with zero attached hydrogens (tertiary/aromatic N) is 1. The third-order valence-corrected chi connectivity index (χ3v) is 2.78. The molecule has 0 aliphatic carbocycles. The molecular weight excluding hydrogens is 196 g/mol. The highest BCUT2D eigenvalue weighted by Crippen LogP contribution is 2.14. The number of hydrogen-bond donors (Lipinski definition) is 1. The lowest BCUT2D eigenvalue weighted by atomic mass is 10.1. The van der Waals surface area contributed by atoms with Crippen molar-refractivity contribution < 1.29 is 0 Å². The third kappa shape index (κ3) is 3.94. The summed E-state index contributed by atoms with van der Waals surface area (Å²) in [6.07, 6.45) is 4.86. The number of anilines is 1. The fourth-order valence-corrected chi connectivity index (χ4v) is 1.71. The molecule has 0 amide bonds. The Balaban J connectivity index is 2.53. The van der Waals surface area contributed by atoms with Crippen molar-refractivity contribution in [2.24, 2.45) is 0 Å². The minimum absolute atomic E-state index is 0.549. The monoisotopic (exact) mass is 216 g/mol. The highest BCUT2D eigenvalue weighted by atomic mass is 14.9. The summed E-state index contributed by atoms with van der Waals surface area (Å²) in [7, 11) is 0. The standard InChI is InChI=1S/C14H20N2/c1-3-5-6-13(4-2)16-14-9-7-12(11-15)8-10-14/h7-10,13,16H,3-6H2,1-2H3. The average molecular weight is 216 g/mol. The molecule has 0 aliphatic rings. The molecule has 16 heavy (non-hydrogen) atoms. The number of unbranched alkanes of at least 4 members (excludes halogenated alkanes) is 1. The van der Waals surface area contributed by atoms with E-state index in [1.54, 1.807) is 0 Å². The van der Waals surface area contributed by atoms with Gasteiger partial charge in [0.05, 0.1) is 11.6 Å². The molecule has 0 aromatic heterocycles. The van der Waals surface area contributed by atoms with Gasteiger partial charge in [-0.25, -0.2) is 0 Å². The first-order valence-electron chi connectivity index (χ1n) is 6.06. The van der Waals surface area contributed by atoms with Crippen LogP contribution in [0.25, 0.3) is 0 Å². The highest BCUT2D eigenvalue weighted by molar-refractivity contribution is 5.47. The van der Waals surface area contributed by atoms with Crippen molar-refractivity contribution in [2.45, 2.75) is 45.6 Å². The second-order valence-corrected chi connectivity index (χ2v) is 4.08. The Morgan fingerprint density at radius 3 is 2.44 bits per heavy atom. The van der Waals surface area contributed by atoms with Gasteiger partial charge in [-0.1, -0.05) is 26.7 Å². The van der Waals surface area contributed by atoms with E-state index in [2.05, 4.69) is 25.2 Å². The van der Waals surface area contributed by atoms with E-state index >= 15 is 0 Å². The van der Waals surface area contributed by atoms with Gasteiger partial charge < -0.3 is 5.32 Å². The molecular formula is C14H20N2. The van der Waals surface area contributed by atoms with Gasteiger partial charge in [-0.2, -0.15) is 5.26 Å². The summed E-state index contributed by atoms with van der Waals surface area (Å²) in [6, 6.07) is 10.3. The van der Waals surface area contributed by atoms with E-state index in [4.69, 9.17) is 5.26 Å². The number of benzene rings is 1. The predicted octanol–water partition coefficient (Wildman–Crippen LogP) is 3.94. The number of nitriles is 1. The fraction of sp³-hybridized carbons (Fsp3) is 0.500. The molecule has 0 spiro atoms. The van der Waals surface area contributed by atoms with Gasteiger partial charge in [-0.3, -0.25) is 0 Å². The van der Waals surface area contributed by atoms with Gasteiger partial charge in [0.2, 0.25) is 0 Å². The van der Waals surface area contributed by atoms with Crippen molar-refractivity contribution in [1.82, 2.24) is 0 Å². The Kier molecular flexibility index (Phi) is 5.42. The molecule has 0 fully saturated rings. The van der Waals surface area contributed by atoms with E-state index in [9.17, 15) is 0 Å². The van der Waals surface area contributed by atoms with Crippen molar-refractivity contribution in [1.29, 1.82) is 5.26 Å². The van der Waals surface area contributed by atoms with Gasteiger partial charge in [0.25, 0.3) is 0 Å². The second kappa shape index (κ2) is 6.90. The van der Waals surface area contributed by atoms with E-state index in [0.29, 0.717) is 11.6 Å². The van der Waals surface area contributed by atoms with Gasteiger partial charge in [0.15, 0.2) is 0 Å². The van der Waals surface area contributed by atoms with Crippen LogP contribution in [-0.4, -0.2) is 6.04 Å². The molecule has 0 radical (unpaired) electrons. The number of nitrogens with one attached hydrogen (secondary N) is 1. The SMILES string of the molecule is CCCCC(CC)Nc1ccc(C#N)cc1. The van der Waals surface area contributed by atoms with Crippen LogP contribution < -0.4 is 5.32 Å². The molecule has 0 saturated heterocycles. The second-order valence-electron chi connectivity index (χ2n) is 4.08. The van der Waals surface area contributed by atoms with Gasteiger partial charge in [0, 0.05) is 11.7 Å². The Morgan fingerprint density at radius 2 is 1.94 bits per heavy atom. The number of hydrogen-bond acceptors (Lipinski definition) is 2. The Labute approximate surface area is 98.3 Å². The van der Waals surface area contributed by atoms with E-state index in [1.807, 2.05) is 24.3 Å². The van der Waals surface area contributed by atoms with Crippen LogP contribution in [0.3, 0.4) is 0 Å². The van der Waals surface area contributed by atoms with Crippen molar-refractivity contribution >= 4 is 5.69 Å². The molecule has 1 N–H and O–H groups in total. The summed E-state index contributed by atoms with van der Waals surface area (Å²) in [5, 5.41) is 12.2. The largest absolute Gasteiger partial charge is 0.382 e. The third-order valence-electron chi connectivity index (χ3n) is 2.78. The normalized spacial score (nSPS) is 11.8. The molecule has 0 bridgehead atoms. The van der Waals surface area contributed by atoms with E-state index < -0.39 is 0 Å². The predicted molar refractivity (Wildman–Crippen MR) is 68.4 cm³/mol. The first-order chi connectivity index (χ1) is 7.80.